The molecule has 172 valence electrons. The highest BCUT2D eigenvalue weighted by molar-refractivity contribution is 5.78. The van der Waals surface area contributed by atoms with Gasteiger partial charge in [0.05, 0.1) is 18.2 Å². The van der Waals surface area contributed by atoms with Crippen LogP contribution in [0.2, 0.25) is 0 Å². The van der Waals surface area contributed by atoms with Crippen LogP contribution in [0.25, 0.3) is 23.3 Å². The molecule has 33 heavy (non-hydrogen) atoms. The third-order valence-electron chi connectivity index (χ3n) is 5.61. The molecule has 3 rings (SSSR count). The van der Waals surface area contributed by atoms with Gasteiger partial charge in [-0.3, -0.25) is 5.32 Å². The van der Waals surface area contributed by atoms with Gasteiger partial charge in [-0.15, -0.1) is 0 Å². The van der Waals surface area contributed by atoms with Crippen molar-refractivity contribution in [3.05, 3.63) is 94.5 Å². The Hall–Kier alpha value is -3.22. The molecule has 0 aliphatic rings. The van der Waals surface area contributed by atoms with E-state index in [1.165, 1.54) is 18.2 Å². The summed E-state index contributed by atoms with van der Waals surface area (Å²) in [5, 5.41) is 12.1. The number of hydrogen-bond donors (Lipinski definition) is 2. The number of halogens is 3. The van der Waals surface area contributed by atoms with E-state index in [-0.39, 0.29) is 5.56 Å². The van der Waals surface area contributed by atoms with Crippen molar-refractivity contribution >= 4 is 18.4 Å². The summed E-state index contributed by atoms with van der Waals surface area (Å²) < 4.78 is 41.0. The minimum Gasteiger partial charge on any atom is -0.394 e. The smallest absolute Gasteiger partial charge is 0.394 e. The lowest BCUT2D eigenvalue weighted by Gasteiger charge is -2.20. The standard InChI is InChI=1S/C27H26F3NO2/c1-18-20(9-6-10-25(18)21-7-4-3-5-8-21)11-12-23-15-22(13-14-26(23)27(28,29)30)19(2)31-24(16-32)17-33/h3-16,19,24,31,33H,17H2,1-2H3/b12-11+. The predicted molar refractivity (Wildman–Crippen MR) is 125 cm³/mol. The van der Waals surface area contributed by atoms with Crippen LogP contribution >= 0.6 is 0 Å². The van der Waals surface area contributed by atoms with Crippen molar-refractivity contribution in [3.63, 3.8) is 0 Å². The van der Waals surface area contributed by atoms with Gasteiger partial charge >= 0.3 is 6.18 Å². The molecule has 0 radical (unpaired) electrons. The van der Waals surface area contributed by atoms with Crippen molar-refractivity contribution in [1.82, 2.24) is 5.32 Å². The molecule has 0 saturated heterocycles. The molecule has 0 amide bonds. The van der Waals surface area contributed by atoms with Crippen LogP contribution < -0.4 is 5.32 Å². The Morgan fingerprint density at radius 2 is 1.67 bits per heavy atom. The average Bonchev–Trinajstić information content (AvgIpc) is 2.81. The Kier molecular flexibility index (Phi) is 7.84. The van der Waals surface area contributed by atoms with Gasteiger partial charge in [-0.25, -0.2) is 0 Å². The first-order chi connectivity index (χ1) is 15.7. The van der Waals surface area contributed by atoms with Crippen molar-refractivity contribution in [2.24, 2.45) is 0 Å². The lowest BCUT2D eigenvalue weighted by atomic mass is 9.95. The maximum Gasteiger partial charge on any atom is 0.416 e. The molecular weight excluding hydrogens is 427 g/mol. The third kappa shape index (κ3) is 5.97. The molecule has 3 nitrogen and oxygen atoms in total. The van der Waals surface area contributed by atoms with E-state index in [9.17, 15) is 23.1 Å². The maximum atomic E-state index is 13.7. The molecule has 6 heteroatoms. The molecule has 0 spiro atoms. The van der Waals surface area contributed by atoms with Gasteiger partial charge in [0.1, 0.15) is 6.29 Å². The van der Waals surface area contributed by atoms with E-state index in [1.54, 1.807) is 13.0 Å². The van der Waals surface area contributed by atoms with E-state index in [2.05, 4.69) is 5.32 Å². The number of carbonyl (C=O) groups is 1. The number of hydrogen-bond acceptors (Lipinski definition) is 3. The van der Waals surface area contributed by atoms with Crippen molar-refractivity contribution in [2.45, 2.75) is 32.1 Å². The van der Waals surface area contributed by atoms with Gasteiger partial charge in [-0.2, -0.15) is 13.2 Å². The highest BCUT2D eigenvalue weighted by atomic mass is 19.4. The van der Waals surface area contributed by atoms with Crippen LogP contribution in [0, 0.1) is 6.92 Å². The quantitative estimate of drug-likeness (QED) is 0.322. The van der Waals surface area contributed by atoms with Crippen LogP contribution in [0.15, 0.2) is 66.7 Å². The topological polar surface area (TPSA) is 49.3 Å². The summed E-state index contributed by atoms with van der Waals surface area (Å²) in [6.45, 7) is 3.29. The number of aliphatic hydroxyl groups is 1. The van der Waals surface area contributed by atoms with Crippen LogP contribution in [0.4, 0.5) is 13.2 Å². The van der Waals surface area contributed by atoms with E-state index in [0.717, 1.165) is 28.3 Å². The number of alkyl halides is 3. The lowest BCUT2D eigenvalue weighted by Crippen LogP contribution is -2.35. The van der Waals surface area contributed by atoms with Crippen LogP contribution in [-0.2, 0) is 11.0 Å². The first-order valence-corrected chi connectivity index (χ1v) is 10.6. The normalized spacial score (nSPS) is 13.8. The van der Waals surface area contributed by atoms with Crippen LogP contribution in [0.5, 0.6) is 0 Å². The van der Waals surface area contributed by atoms with E-state index in [4.69, 9.17) is 0 Å². The summed E-state index contributed by atoms with van der Waals surface area (Å²) in [4.78, 5) is 11.0. The molecule has 2 atom stereocenters. The van der Waals surface area contributed by atoms with Crippen molar-refractivity contribution in [3.8, 4) is 11.1 Å². The molecule has 0 fully saturated rings. The summed E-state index contributed by atoms with van der Waals surface area (Å²) in [5.41, 5.74) is 3.73. The maximum absolute atomic E-state index is 13.7. The first kappa shape index (κ1) is 24.4. The van der Waals surface area contributed by atoms with E-state index < -0.39 is 30.4 Å². The molecule has 0 saturated carbocycles. The first-order valence-electron chi connectivity index (χ1n) is 10.6. The van der Waals surface area contributed by atoms with E-state index in [0.29, 0.717) is 11.8 Å². The zero-order valence-electron chi connectivity index (χ0n) is 18.4. The van der Waals surface area contributed by atoms with Gasteiger partial charge in [0.25, 0.3) is 0 Å². The minimum absolute atomic E-state index is 0.0322. The van der Waals surface area contributed by atoms with Crippen molar-refractivity contribution < 1.29 is 23.1 Å². The summed E-state index contributed by atoms with van der Waals surface area (Å²) in [6, 6.07) is 18.2. The molecule has 3 aromatic rings. The lowest BCUT2D eigenvalue weighted by molar-refractivity contribution is -0.137. The van der Waals surface area contributed by atoms with Crippen molar-refractivity contribution in [2.75, 3.05) is 6.61 Å². The van der Waals surface area contributed by atoms with Gasteiger partial charge in [0.15, 0.2) is 0 Å². The number of rotatable bonds is 8. The fourth-order valence-corrected chi connectivity index (χ4v) is 3.74. The van der Waals surface area contributed by atoms with Gasteiger partial charge in [-0.05, 0) is 59.4 Å². The second-order valence-corrected chi connectivity index (χ2v) is 7.88. The number of aldehydes is 1. The predicted octanol–water partition coefficient (Wildman–Crippen LogP) is 6.06. The number of benzene rings is 3. The summed E-state index contributed by atoms with van der Waals surface area (Å²) >= 11 is 0. The highest BCUT2D eigenvalue weighted by Crippen LogP contribution is 2.35. The van der Waals surface area contributed by atoms with Crippen LogP contribution in [0.1, 0.15) is 40.8 Å². The van der Waals surface area contributed by atoms with Crippen LogP contribution in [0.3, 0.4) is 0 Å². The van der Waals surface area contributed by atoms with Gasteiger partial charge < -0.3 is 9.90 Å². The summed E-state index contributed by atoms with van der Waals surface area (Å²) in [7, 11) is 0. The Labute approximate surface area is 191 Å². The minimum atomic E-state index is -4.51. The van der Waals surface area contributed by atoms with E-state index >= 15 is 0 Å². The molecular formula is C27H26F3NO2. The molecule has 3 aromatic carbocycles. The molecule has 0 heterocycles. The molecule has 0 aromatic heterocycles. The Balaban J connectivity index is 1.99. The number of aliphatic hydroxyl groups excluding tert-OH is 1. The largest absolute Gasteiger partial charge is 0.416 e. The Morgan fingerprint density at radius 1 is 0.970 bits per heavy atom. The van der Waals surface area contributed by atoms with Crippen LogP contribution in [-0.4, -0.2) is 24.0 Å². The summed E-state index contributed by atoms with van der Waals surface area (Å²) in [6.07, 6.45) is -0.772. The molecule has 0 aliphatic carbocycles. The Morgan fingerprint density at radius 3 is 2.30 bits per heavy atom. The number of nitrogens with one attached hydrogen (secondary N) is 1. The fraction of sp³-hybridized carbons (Fsp3) is 0.222. The summed E-state index contributed by atoms with van der Waals surface area (Å²) in [5.74, 6) is 0. The van der Waals surface area contributed by atoms with E-state index in [1.807, 2.05) is 55.5 Å². The molecule has 0 bridgehead atoms. The second kappa shape index (κ2) is 10.6. The second-order valence-electron chi connectivity index (χ2n) is 7.88. The monoisotopic (exact) mass is 453 g/mol. The fourth-order valence-electron chi connectivity index (χ4n) is 3.74. The third-order valence-corrected chi connectivity index (χ3v) is 5.61. The number of carbonyl (C=O) groups excluding carboxylic acids is 1. The van der Waals surface area contributed by atoms with Gasteiger partial charge in [-0.1, -0.05) is 66.7 Å². The van der Waals surface area contributed by atoms with Gasteiger partial charge in [0, 0.05) is 6.04 Å². The highest BCUT2D eigenvalue weighted by Gasteiger charge is 2.33. The van der Waals surface area contributed by atoms with Crippen molar-refractivity contribution in [1.29, 1.82) is 0 Å². The SMILES string of the molecule is Cc1c(/C=C/c2cc(C(C)NC(C=O)CO)ccc2C(F)(F)F)cccc1-c1ccccc1. The molecule has 2 N–H and O–H groups in total. The average molecular weight is 454 g/mol. The van der Waals surface area contributed by atoms with Gasteiger partial charge in [0.2, 0.25) is 0 Å². The zero-order chi connectivity index (χ0) is 24.0. The molecule has 2 unspecified atom stereocenters. The zero-order valence-corrected chi connectivity index (χ0v) is 18.4. The molecule has 0 aliphatic heterocycles. The Bertz CT molecular complexity index is 1120.